The van der Waals surface area contributed by atoms with Gasteiger partial charge in [-0.25, -0.2) is 13.2 Å². The van der Waals surface area contributed by atoms with Crippen LogP contribution < -0.4 is 19.5 Å². The van der Waals surface area contributed by atoms with Gasteiger partial charge in [0.05, 0.1) is 23.6 Å². The van der Waals surface area contributed by atoms with Gasteiger partial charge < -0.3 is 24.4 Å². The molecule has 0 bridgehead atoms. The van der Waals surface area contributed by atoms with Crippen LogP contribution in [-0.2, 0) is 42.2 Å². The molecule has 1 aromatic rings. The number of rotatable bonds is 5. The molecule has 4 aliphatic carbocycles. The van der Waals surface area contributed by atoms with Gasteiger partial charge in [-0.15, -0.1) is 0 Å². The lowest BCUT2D eigenvalue weighted by Crippen LogP contribution is -2.54. The van der Waals surface area contributed by atoms with Crippen LogP contribution in [0, 0.1) is 17.8 Å². The van der Waals surface area contributed by atoms with Gasteiger partial charge in [0, 0.05) is 30.6 Å². The van der Waals surface area contributed by atoms with E-state index in [4.69, 9.17) is 14.2 Å². The summed E-state index contributed by atoms with van der Waals surface area (Å²) in [5.74, 6) is -2.01. The summed E-state index contributed by atoms with van der Waals surface area (Å²) in [7, 11) is -3.83. The first kappa shape index (κ1) is 30.5. The van der Waals surface area contributed by atoms with Crippen molar-refractivity contribution in [3.63, 3.8) is 0 Å². The monoisotopic (exact) mass is 668 g/mol. The molecule has 1 aromatic carbocycles. The zero-order valence-corrected chi connectivity index (χ0v) is 27.0. The highest BCUT2D eigenvalue weighted by atomic mass is 32.2. The molecular weight excluding hydrogens is 628 g/mol. The van der Waals surface area contributed by atoms with Gasteiger partial charge >= 0.3 is 6.09 Å². The predicted molar refractivity (Wildman–Crippen MR) is 165 cm³/mol. The molecule has 4 saturated carbocycles. The number of carbonyl (C=O) groups excluding carboxylic acids is 4. The maximum atomic E-state index is 14.1. The molecule has 3 aliphatic heterocycles. The van der Waals surface area contributed by atoms with E-state index in [2.05, 4.69) is 10.0 Å². The van der Waals surface area contributed by atoms with E-state index >= 15 is 0 Å². The Labute approximate surface area is 273 Å². The molecule has 0 saturated heterocycles. The van der Waals surface area contributed by atoms with E-state index in [0.29, 0.717) is 44.0 Å². The van der Waals surface area contributed by atoms with Gasteiger partial charge in [-0.1, -0.05) is 18.2 Å². The summed E-state index contributed by atoms with van der Waals surface area (Å²) < 4.78 is 44.7. The summed E-state index contributed by atoms with van der Waals surface area (Å²) in [6.07, 6.45) is 8.50. The number of allylic oxidation sites excluding steroid dienone is 1. The second-order valence-corrected chi connectivity index (χ2v) is 16.1. The topological polar surface area (TPSA) is 161 Å². The van der Waals surface area contributed by atoms with E-state index in [0.717, 1.165) is 43.2 Å². The molecule has 47 heavy (non-hydrogen) atoms. The molecule has 5 atom stereocenters. The molecule has 252 valence electrons. The lowest BCUT2D eigenvalue weighted by atomic mass is 9.92. The fourth-order valence-electron chi connectivity index (χ4n) is 7.69. The Balaban J connectivity index is 1.02. The fraction of sp³-hybridized carbons (Fsp3) is 0.636. The first-order valence-electron chi connectivity index (χ1n) is 16.8. The molecule has 2 N–H and O–H groups in total. The van der Waals surface area contributed by atoms with Crippen molar-refractivity contribution in [2.45, 2.75) is 100 Å². The van der Waals surface area contributed by atoms with Crippen LogP contribution in [0.5, 0.6) is 11.5 Å². The van der Waals surface area contributed by atoms with Gasteiger partial charge in [-0.2, -0.15) is 0 Å². The summed E-state index contributed by atoms with van der Waals surface area (Å²) in [5, 5.41) is 2.32. The third-order valence-corrected chi connectivity index (χ3v) is 12.6. The van der Waals surface area contributed by atoms with Crippen molar-refractivity contribution < 1.29 is 41.8 Å². The molecule has 1 unspecified atom stereocenters. The Bertz CT molecular complexity index is 1650. The third kappa shape index (κ3) is 5.72. The quantitative estimate of drug-likeness (QED) is 0.450. The number of nitrogens with zero attached hydrogens (tertiary/aromatic N) is 2. The predicted octanol–water partition coefficient (Wildman–Crippen LogP) is 2.48. The number of carbonyl (C=O) groups is 4. The van der Waals surface area contributed by atoms with Crippen molar-refractivity contribution in [3.05, 3.63) is 35.4 Å². The van der Waals surface area contributed by atoms with Crippen LogP contribution in [0.4, 0.5) is 4.79 Å². The van der Waals surface area contributed by atoms with E-state index in [1.165, 1.54) is 0 Å². The van der Waals surface area contributed by atoms with Gasteiger partial charge in [0.25, 0.3) is 5.91 Å². The average molecular weight is 669 g/mol. The minimum absolute atomic E-state index is 0.123. The second kappa shape index (κ2) is 11.4. The lowest BCUT2D eigenvalue weighted by molar-refractivity contribution is -0.142. The van der Waals surface area contributed by atoms with E-state index in [1.807, 2.05) is 29.2 Å². The molecule has 0 aromatic heterocycles. The number of nitrogens with one attached hydrogen (secondary N) is 2. The Morgan fingerprint density at radius 1 is 1.02 bits per heavy atom. The minimum atomic E-state index is -3.83. The van der Waals surface area contributed by atoms with E-state index in [1.54, 1.807) is 4.90 Å². The van der Waals surface area contributed by atoms with Crippen LogP contribution in [0.25, 0.3) is 0 Å². The lowest BCUT2D eigenvalue weighted by Gasteiger charge is -2.29. The maximum Gasteiger partial charge on any atom is 0.410 e. The number of hydrogen-bond acceptors (Lipinski definition) is 9. The van der Waals surface area contributed by atoms with Crippen LogP contribution in [0.2, 0.25) is 0 Å². The Morgan fingerprint density at radius 3 is 2.62 bits per heavy atom. The van der Waals surface area contributed by atoms with E-state index < -0.39 is 56.7 Å². The van der Waals surface area contributed by atoms with Gasteiger partial charge in [-0.3, -0.25) is 24.0 Å². The summed E-state index contributed by atoms with van der Waals surface area (Å²) in [4.78, 5) is 58.7. The Morgan fingerprint density at radius 2 is 1.83 bits per heavy atom. The molecule has 13 nitrogen and oxygen atoms in total. The zero-order valence-electron chi connectivity index (χ0n) is 26.1. The van der Waals surface area contributed by atoms with E-state index in [-0.39, 0.29) is 43.9 Å². The Kier molecular flexibility index (Phi) is 7.41. The summed E-state index contributed by atoms with van der Waals surface area (Å²) in [6, 6.07) is 3.88. The fourth-order valence-corrected chi connectivity index (χ4v) is 9.06. The molecular formula is C33H40N4O9S. The van der Waals surface area contributed by atoms with Crippen LogP contribution in [0.15, 0.2) is 24.3 Å². The highest BCUT2D eigenvalue weighted by Gasteiger charge is 2.62. The average Bonchev–Trinajstić information content (AvgIpc) is 4.00. The standard InChI is InChI=1S/C33H40N4O9S/c38-29-24-13-22(46-32(41)36-16-19-6-11-27-28(26(19)17-36)45-18-44-27)14-25(24)30(39)37(21-7-8-21)12-4-2-1-3-5-20-15-33(20,34-29)31(40)35-47(42,43)23-9-10-23/h3,5-6,11,20-25H,1-2,4,7-10,12-18H2,(H,34,38)(H,35,40)/b5-3-/t20-,22-,24-,25?,33-/m1/s1. The van der Waals surface area contributed by atoms with Crippen LogP contribution in [-0.4, -0.2) is 78.3 Å². The largest absolute Gasteiger partial charge is 0.454 e. The highest BCUT2D eigenvalue weighted by Crippen LogP contribution is 2.48. The number of hydrogen-bond donors (Lipinski definition) is 2. The first-order chi connectivity index (χ1) is 22.6. The second-order valence-electron chi connectivity index (χ2n) is 14.1. The number of benzene rings is 1. The highest BCUT2D eigenvalue weighted by molar-refractivity contribution is 7.91. The van der Waals surface area contributed by atoms with Crippen molar-refractivity contribution in [1.29, 1.82) is 0 Å². The van der Waals surface area contributed by atoms with Gasteiger partial charge in [0.15, 0.2) is 11.5 Å². The summed E-state index contributed by atoms with van der Waals surface area (Å²) in [5.41, 5.74) is 0.415. The Hall–Kier alpha value is -3.81. The van der Waals surface area contributed by atoms with Crippen molar-refractivity contribution in [2.75, 3.05) is 13.3 Å². The van der Waals surface area contributed by atoms with Crippen molar-refractivity contribution >= 4 is 33.8 Å². The van der Waals surface area contributed by atoms with Gasteiger partial charge in [0.1, 0.15) is 11.6 Å². The van der Waals surface area contributed by atoms with Crippen molar-refractivity contribution in [3.8, 4) is 11.5 Å². The number of fused-ring (bicyclic) bond motifs is 5. The number of sulfonamides is 1. The maximum absolute atomic E-state index is 14.1. The molecule has 0 spiro atoms. The van der Waals surface area contributed by atoms with Crippen molar-refractivity contribution in [2.24, 2.45) is 17.8 Å². The van der Waals surface area contributed by atoms with Crippen molar-refractivity contribution in [1.82, 2.24) is 19.8 Å². The SMILES string of the molecule is O=C1N[C@]2(C(=O)NS(=O)(=O)C3CC3)C[C@H]2/C=C\CCCCN(C2CC2)C(=O)C2C[C@H](OC(=O)N3Cc4ccc5c(c4C3)OCO5)C[C@@H]12. The molecule has 3 heterocycles. The third-order valence-electron chi connectivity index (χ3n) is 10.8. The summed E-state index contributed by atoms with van der Waals surface area (Å²) in [6.45, 7) is 1.37. The van der Waals surface area contributed by atoms with Crippen LogP contribution in [0.1, 0.15) is 75.3 Å². The van der Waals surface area contributed by atoms with E-state index in [9.17, 15) is 27.6 Å². The molecule has 4 amide bonds. The first-order valence-corrected chi connectivity index (χ1v) is 18.4. The normalized spacial score (nSPS) is 32.4. The number of ether oxygens (including phenoxy) is 3. The molecule has 8 rings (SSSR count). The molecule has 7 aliphatic rings. The molecule has 14 heteroatoms. The zero-order chi connectivity index (χ0) is 32.5. The summed E-state index contributed by atoms with van der Waals surface area (Å²) >= 11 is 0. The van der Waals surface area contributed by atoms with Gasteiger partial charge in [0.2, 0.25) is 28.6 Å². The van der Waals surface area contributed by atoms with Gasteiger partial charge in [-0.05, 0) is 75.8 Å². The van der Waals surface area contributed by atoms with Crippen LogP contribution >= 0.6 is 0 Å². The minimum Gasteiger partial charge on any atom is -0.454 e. The molecule has 4 fully saturated rings. The smallest absolute Gasteiger partial charge is 0.410 e. The molecule has 0 radical (unpaired) electrons. The number of amides is 4. The van der Waals surface area contributed by atoms with Crippen LogP contribution in [0.3, 0.4) is 0 Å².